The van der Waals surface area contributed by atoms with Crippen molar-refractivity contribution in [2.24, 2.45) is 0 Å². The van der Waals surface area contributed by atoms with Gasteiger partial charge in [0, 0.05) is 0 Å². The Labute approximate surface area is 393 Å². The van der Waals surface area contributed by atoms with Crippen LogP contribution in [0.3, 0.4) is 0 Å². The molecule has 1 aliphatic carbocycles. The Hall–Kier alpha value is -8.06. The zero-order valence-corrected chi connectivity index (χ0v) is 32.9. The van der Waals surface area contributed by atoms with Crippen molar-refractivity contribution in [3.05, 3.63) is 252 Å². The minimum atomic E-state index is -1.18. The highest BCUT2D eigenvalue weighted by Crippen LogP contribution is 2.58. The largest absolute Gasteiger partial charge is 0.0713 e. The van der Waals surface area contributed by atoms with E-state index >= 15 is 0 Å². The molecule has 0 aliphatic heterocycles. The summed E-state index contributed by atoms with van der Waals surface area (Å²) in [6.07, 6.45) is 0. The standard InChI is InChI=1S/C63H38/c1-3-13-49(14-4-1)63(50-15-5-2-6-16-50)57-37-47(39-17-19-40(20-18-39)51-31-25-45-23-21-41-9-7-11-43-27-35-55(51)61(45)59(41)43)29-33-53(57)54-34-30-48(38-58(54)63)52-32-26-46-24-22-42-10-8-12-44-28-36-56(52)62(46)60(42)44/h1-38H/i7D,8D,9D,10D,11D,12D,17D,19D,21D,22D,23D,24D,25D,26D,27D,28D,31D,32D,35D,36D. The van der Waals surface area contributed by atoms with Crippen molar-refractivity contribution in [1.29, 1.82) is 0 Å². The molecule has 290 valence electrons. The Morgan fingerprint density at radius 3 is 1.22 bits per heavy atom. The third kappa shape index (κ3) is 4.81. The Morgan fingerprint density at radius 2 is 0.683 bits per heavy atom. The fraction of sp³-hybridized carbons (Fsp3) is 0.0159. The summed E-state index contributed by atoms with van der Waals surface area (Å²) in [6, 6.07) is 24.1. The van der Waals surface area contributed by atoms with Gasteiger partial charge in [0.15, 0.2) is 0 Å². The first kappa shape index (κ1) is 20.7. The molecule has 0 heterocycles. The Bertz CT molecular complexity index is 5050. The average molecular weight is 815 g/mol. The third-order valence-corrected chi connectivity index (χ3v) is 12.8. The summed E-state index contributed by atoms with van der Waals surface area (Å²) in [4.78, 5) is 0. The van der Waals surface area contributed by atoms with E-state index in [1.807, 2.05) is 91.0 Å². The second-order valence-corrected chi connectivity index (χ2v) is 15.9. The molecule has 0 saturated carbocycles. The lowest BCUT2D eigenvalue weighted by atomic mass is 9.67. The van der Waals surface area contributed by atoms with E-state index in [1.165, 1.54) is 6.07 Å². The van der Waals surface area contributed by atoms with E-state index in [2.05, 4.69) is 0 Å². The van der Waals surface area contributed by atoms with E-state index in [4.69, 9.17) is 15.1 Å². The number of hydrogen-bond acceptors (Lipinski definition) is 0. The van der Waals surface area contributed by atoms with Crippen LogP contribution in [0.1, 0.15) is 49.7 Å². The van der Waals surface area contributed by atoms with Gasteiger partial charge >= 0.3 is 0 Å². The molecule has 0 bridgehead atoms. The Balaban J connectivity index is 1.01. The lowest BCUT2D eigenvalue weighted by Gasteiger charge is -2.34. The molecule has 0 radical (unpaired) electrons. The monoisotopic (exact) mass is 814 g/mol. The van der Waals surface area contributed by atoms with E-state index in [-0.39, 0.29) is 93.4 Å². The predicted molar refractivity (Wildman–Crippen MR) is 267 cm³/mol. The van der Waals surface area contributed by atoms with Gasteiger partial charge in [0.05, 0.1) is 32.8 Å². The summed E-state index contributed by atoms with van der Waals surface area (Å²) in [5, 5.41) is -1.05. The van der Waals surface area contributed by atoms with Crippen molar-refractivity contribution in [1.82, 2.24) is 0 Å². The van der Waals surface area contributed by atoms with E-state index in [0.717, 1.165) is 33.4 Å². The van der Waals surface area contributed by atoms with Crippen LogP contribution in [0.5, 0.6) is 0 Å². The maximum Gasteiger partial charge on any atom is 0.0713 e. The van der Waals surface area contributed by atoms with Crippen LogP contribution in [0.2, 0.25) is 0 Å². The van der Waals surface area contributed by atoms with Gasteiger partial charge in [-0.2, -0.15) is 0 Å². The van der Waals surface area contributed by atoms with Gasteiger partial charge < -0.3 is 0 Å². The maximum atomic E-state index is 9.73. The molecule has 0 spiro atoms. The minimum absolute atomic E-state index is 0.0115. The van der Waals surface area contributed by atoms with Crippen LogP contribution in [0.15, 0.2) is 230 Å². The lowest BCUT2D eigenvalue weighted by Crippen LogP contribution is -2.28. The highest BCUT2D eigenvalue weighted by atomic mass is 14.5. The zero-order chi connectivity index (χ0) is 58.6. The molecule has 13 aromatic rings. The van der Waals surface area contributed by atoms with E-state index in [0.29, 0.717) is 16.7 Å². The molecule has 0 fully saturated rings. The van der Waals surface area contributed by atoms with Crippen LogP contribution in [0.25, 0.3) is 109 Å². The Morgan fingerprint density at radius 1 is 0.286 bits per heavy atom. The quantitative estimate of drug-likeness (QED) is 0.152. The molecule has 0 unspecified atom stereocenters. The summed E-state index contributed by atoms with van der Waals surface area (Å²) in [5.74, 6) is 0. The SMILES string of the molecule is [2H]c1c(-c2ccc3c(c2)C(c2ccccc2)(c2ccccc2)c2cc(-c4c([2H])c([2H])c5c([2H])c([2H])c6c([2H])c([2H])c([2H])c7c([2H])c([2H])c4c5c67)ccc2-3)ccc(-c2c([2H])c([2H])c3c([2H])c([2H])c4c([2H])c([2H])c([2H])c5c([2H])c([2H])c2c3c45)c1[2H]. The second-order valence-electron chi connectivity index (χ2n) is 15.9. The van der Waals surface area contributed by atoms with Gasteiger partial charge in [-0.05, 0) is 144 Å². The van der Waals surface area contributed by atoms with Crippen molar-refractivity contribution in [3.63, 3.8) is 0 Å². The first-order valence-electron chi connectivity index (χ1n) is 30.5. The van der Waals surface area contributed by atoms with Crippen LogP contribution < -0.4 is 0 Å². The first-order valence-corrected chi connectivity index (χ1v) is 20.5. The normalized spacial score (nSPS) is 17.7. The van der Waals surface area contributed by atoms with Crippen molar-refractivity contribution in [2.75, 3.05) is 0 Å². The summed E-state index contributed by atoms with van der Waals surface area (Å²) in [5.41, 5.74) is 4.56. The first-order chi connectivity index (χ1) is 39.6. The molecule has 0 heteroatoms. The molecule has 0 aromatic heterocycles. The van der Waals surface area contributed by atoms with Gasteiger partial charge in [-0.1, -0.05) is 218 Å². The third-order valence-electron chi connectivity index (χ3n) is 12.8. The molecule has 0 saturated heterocycles. The zero-order valence-electron chi connectivity index (χ0n) is 52.9. The van der Waals surface area contributed by atoms with Crippen LogP contribution >= 0.6 is 0 Å². The highest BCUT2D eigenvalue weighted by Gasteiger charge is 2.46. The van der Waals surface area contributed by atoms with Crippen LogP contribution in [-0.4, -0.2) is 0 Å². The Kier molecular flexibility index (Phi) is 4.26. The summed E-state index contributed by atoms with van der Waals surface area (Å²) < 4.78 is 183. The van der Waals surface area contributed by atoms with Crippen LogP contribution in [-0.2, 0) is 5.41 Å². The van der Waals surface area contributed by atoms with Crippen molar-refractivity contribution in [3.8, 4) is 44.5 Å². The van der Waals surface area contributed by atoms with Gasteiger partial charge in [-0.15, -0.1) is 0 Å². The van der Waals surface area contributed by atoms with Gasteiger partial charge in [-0.25, -0.2) is 0 Å². The van der Waals surface area contributed by atoms with Gasteiger partial charge in [0.25, 0.3) is 0 Å². The molecular weight excluding hydrogens is 757 g/mol. The van der Waals surface area contributed by atoms with Gasteiger partial charge in [0.1, 0.15) is 0 Å². The number of benzene rings is 13. The highest BCUT2D eigenvalue weighted by molar-refractivity contribution is 6.26. The van der Waals surface area contributed by atoms with Crippen LogP contribution in [0.4, 0.5) is 0 Å². The lowest BCUT2D eigenvalue weighted by molar-refractivity contribution is 0.769. The average Bonchev–Trinajstić information content (AvgIpc) is 1.47. The van der Waals surface area contributed by atoms with Crippen LogP contribution in [0, 0.1) is 0 Å². The summed E-state index contributed by atoms with van der Waals surface area (Å²) in [7, 11) is 0. The van der Waals surface area contributed by atoms with Gasteiger partial charge in [-0.3, -0.25) is 0 Å². The summed E-state index contributed by atoms with van der Waals surface area (Å²) in [6.45, 7) is 0. The molecule has 14 rings (SSSR count). The fourth-order valence-electron chi connectivity index (χ4n) is 10.1. The van der Waals surface area contributed by atoms with Crippen molar-refractivity contribution in [2.45, 2.75) is 5.41 Å². The topological polar surface area (TPSA) is 0 Å². The summed E-state index contributed by atoms with van der Waals surface area (Å²) >= 11 is 0. The number of rotatable bonds is 5. The molecule has 1 aliphatic rings. The number of fused-ring (bicyclic) bond motifs is 3. The molecule has 63 heavy (non-hydrogen) atoms. The maximum absolute atomic E-state index is 9.73. The fourth-order valence-corrected chi connectivity index (χ4v) is 10.1. The molecule has 0 nitrogen and oxygen atoms in total. The number of hydrogen-bond donors (Lipinski definition) is 0. The second kappa shape index (κ2) is 13.0. The predicted octanol–water partition coefficient (Wildman–Crippen LogP) is 16.8. The smallest absolute Gasteiger partial charge is 0.0622 e. The van der Waals surface area contributed by atoms with E-state index in [9.17, 15) is 12.3 Å². The van der Waals surface area contributed by atoms with E-state index < -0.39 is 114 Å². The minimum Gasteiger partial charge on any atom is -0.0622 e. The molecular formula is C63H38. The molecule has 13 aromatic carbocycles. The molecule has 0 N–H and O–H groups in total. The molecule has 0 atom stereocenters. The van der Waals surface area contributed by atoms with Crippen molar-refractivity contribution >= 4 is 64.6 Å². The van der Waals surface area contributed by atoms with Gasteiger partial charge in [0.2, 0.25) is 0 Å². The van der Waals surface area contributed by atoms with E-state index in [1.54, 1.807) is 12.1 Å². The molecule has 0 amide bonds. The van der Waals surface area contributed by atoms with Crippen molar-refractivity contribution < 1.29 is 27.4 Å².